The van der Waals surface area contributed by atoms with Gasteiger partial charge in [-0.2, -0.15) is 0 Å². The summed E-state index contributed by atoms with van der Waals surface area (Å²) in [5.74, 6) is 1.61. The van der Waals surface area contributed by atoms with Crippen LogP contribution in [0.4, 0.5) is 0 Å². The molecule has 2 rings (SSSR count). The van der Waals surface area contributed by atoms with E-state index >= 15 is 0 Å². The molecule has 3 N–H and O–H groups in total. The van der Waals surface area contributed by atoms with Crippen molar-refractivity contribution in [2.24, 2.45) is 10.7 Å². The average Bonchev–Trinajstić information content (AvgIpc) is 2.86. The number of aryl methyl sites for hydroxylation is 1. The molecule has 98 valence electrons. The summed E-state index contributed by atoms with van der Waals surface area (Å²) in [6, 6.07) is 0. The van der Waals surface area contributed by atoms with Crippen LogP contribution >= 0.6 is 11.8 Å². The summed E-state index contributed by atoms with van der Waals surface area (Å²) in [6.07, 6.45) is 2.99. The van der Waals surface area contributed by atoms with E-state index in [2.05, 4.69) is 32.6 Å². The Morgan fingerprint density at radius 3 is 3.28 bits per heavy atom. The third-order valence-corrected chi connectivity index (χ3v) is 3.53. The fourth-order valence-electron chi connectivity index (χ4n) is 1.68. The second kappa shape index (κ2) is 5.95. The van der Waals surface area contributed by atoms with Gasteiger partial charge in [0.25, 0.3) is 0 Å². The molecule has 0 bridgehead atoms. The van der Waals surface area contributed by atoms with Crippen molar-refractivity contribution in [3.8, 4) is 0 Å². The Balaban J connectivity index is 1.74. The number of rotatable bonds is 5. The summed E-state index contributed by atoms with van der Waals surface area (Å²) in [6.45, 7) is 8.12. The normalized spacial score (nSPS) is 14.6. The monoisotopic (exact) mass is 265 g/mol. The van der Waals surface area contributed by atoms with Crippen molar-refractivity contribution < 1.29 is 0 Å². The number of aliphatic imine (C=N–C) groups is 1. The number of nitrogens with one attached hydrogen (secondary N) is 1. The standard InChI is InChI=1S/C12H19N5S/c1-9(2)7-15-11(13)14-4-3-10-8-17-5-6-18-12(17)16-10/h8H,1,3-7H2,2H3,(H3,13,14,15). The molecule has 0 saturated carbocycles. The lowest BCUT2D eigenvalue weighted by molar-refractivity contribution is 0.719. The Hall–Kier alpha value is -1.43. The maximum atomic E-state index is 5.73. The van der Waals surface area contributed by atoms with Crippen LogP contribution in [0.2, 0.25) is 0 Å². The van der Waals surface area contributed by atoms with Gasteiger partial charge in [-0.05, 0) is 6.92 Å². The van der Waals surface area contributed by atoms with Gasteiger partial charge in [-0.15, -0.1) is 0 Å². The zero-order valence-corrected chi connectivity index (χ0v) is 11.5. The molecule has 0 spiro atoms. The van der Waals surface area contributed by atoms with Crippen LogP contribution in [0.15, 0.2) is 28.5 Å². The van der Waals surface area contributed by atoms with Crippen molar-refractivity contribution >= 4 is 17.7 Å². The Kier molecular flexibility index (Phi) is 4.30. The topological polar surface area (TPSA) is 68.2 Å². The van der Waals surface area contributed by atoms with Gasteiger partial charge >= 0.3 is 0 Å². The molecule has 0 amide bonds. The molecular weight excluding hydrogens is 246 g/mol. The predicted octanol–water partition coefficient (Wildman–Crippen LogP) is 1.01. The second-order valence-electron chi connectivity index (χ2n) is 4.39. The molecule has 0 aliphatic carbocycles. The van der Waals surface area contributed by atoms with E-state index in [4.69, 9.17) is 5.73 Å². The Labute approximate surface area is 112 Å². The fourth-order valence-corrected chi connectivity index (χ4v) is 2.64. The molecular formula is C12H19N5S. The first-order chi connectivity index (χ1) is 8.65. The maximum absolute atomic E-state index is 5.73. The Morgan fingerprint density at radius 1 is 1.72 bits per heavy atom. The van der Waals surface area contributed by atoms with Gasteiger partial charge in [-0.3, -0.25) is 0 Å². The van der Waals surface area contributed by atoms with Crippen molar-refractivity contribution in [2.75, 3.05) is 18.8 Å². The largest absolute Gasteiger partial charge is 0.370 e. The van der Waals surface area contributed by atoms with E-state index < -0.39 is 0 Å². The van der Waals surface area contributed by atoms with Crippen LogP contribution in [0.5, 0.6) is 0 Å². The van der Waals surface area contributed by atoms with Gasteiger partial charge in [0.15, 0.2) is 11.1 Å². The van der Waals surface area contributed by atoms with Crippen LogP contribution in [0.1, 0.15) is 12.6 Å². The lowest BCUT2D eigenvalue weighted by Gasteiger charge is -2.04. The molecule has 5 nitrogen and oxygen atoms in total. The van der Waals surface area contributed by atoms with E-state index in [9.17, 15) is 0 Å². The number of thioether (sulfide) groups is 1. The van der Waals surface area contributed by atoms with Crippen molar-refractivity contribution in [1.82, 2.24) is 14.9 Å². The maximum Gasteiger partial charge on any atom is 0.188 e. The first kappa shape index (κ1) is 13.0. The molecule has 1 aliphatic rings. The van der Waals surface area contributed by atoms with Gasteiger partial charge in [-0.1, -0.05) is 23.9 Å². The van der Waals surface area contributed by atoms with Crippen molar-refractivity contribution in [1.29, 1.82) is 0 Å². The molecule has 2 heterocycles. The molecule has 1 aliphatic heterocycles. The van der Waals surface area contributed by atoms with Crippen molar-refractivity contribution in [3.05, 3.63) is 24.0 Å². The minimum absolute atomic E-state index is 0.471. The third-order valence-electron chi connectivity index (χ3n) is 2.56. The number of nitrogens with two attached hydrogens (primary N) is 1. The number of aromatic nitrogens is 2. The average molecular weight is 265 g/mol. The lowest BCUT2D eigenvalue weighted by atomic mass is 10.3. The van der Waals surface area contributed by atoms with Crippen LogP contribution in [0.3, 0.4) is 0 Å². The van der Waals surface area contributed by atoms with Crippen molar-refractivity contribution in [3.63, 3.8) is 0 Å². The number of imidazole rings is 1. The van der Waals surface area contributed by atoms with Gasteiger partial charge in [0.2, 0.25) is 0 Å². The summed E-state index contributed by atoms with van der Waals surface area (Å²) in [5.41, 5.74) is 7.84. The first-order valence-electron chi connectivity index (χ1n) is 6.02. The highest BCUT2D eigenvalue weighted by atomic mass is 32.2. The third kappa shape index (κ3) is 3.53. The minimum Gasteiger partial charge on any atom is -0.370 e. The lowest BCUT2D eigenvalue weighted by Crippen LogP contribution is -2.33. The van der Waals surface area contributed by atoms with E-state index in [1.807, 2.05) is 18.7 Å². The second-order valence-corrected chi connectivity index (χ2v) is 5.45. The highest BCUT2D eigenvalue weighted by Crippen LogP contribution is 2.24. The van der Waals surface area contributed by atoms with E-state index in [0.29, 0.717) is 12.5 Å². The minimum atomic E-state index is 0.471. The van der Waals surface area contributed by atoms with E-state index in [1.54, 1.807) is 0 Å². The van der Waals surface area contributed by atoms with E-state index in [0.717, 1.165) is 41.7 Å². The smallest absolute Gasteiger partial charge is 0.188 e. The van der Waals surface area contributed by atoms with Gasteiger partial charge < -0.3 is 15.6 Å². The summed E-state index contributed by atoms with van der Waals surface area (Å²) in [5, 5.41) is 4.22. The number of nitrogens with zero attached hydrogens (tertiary/aromatic N) is 3. The van der Waals surface area contributed by atoms with Gasteiger partial charge in [0.05, 0.1) is 12.2 Å². The number of hydrogen-bond acceptors (Lipinski definition) is 3. The number of fused-ring (bicyclic) bond motifs is 1. The molecule has 1 aromatic heterocycles. The summed E-state index contributed by atoms with van der Waals surface area (Å²) >= 11 is 1.81. The molecule has 0 saturated heterocycles. The number of guanidine groups is 1. The molecule has 0 fully saturated rings. The zero-order chi connectivity index (χ0) is 13.0. The van der Waals surface area contributed by atoms with Crippen LogP contribution < -0.4 is 11.1 Å². The van der Waals surface area contributed by atoms with Crippen LogP contribution in [0.25, 0.3) is 0 Å². The predicted molar refractivity (Wildman–Crippen MR) is 76.0 cm³/mol. The number of hydrogen-bond donors (Lipinski definition) is 2. The molecule has 6 heteroatoms. The van der Waals surface area contributed by atoms with Crippen molar-refractivity contribution in [2.45, 2.75) is 25.0 Å². The van der Waals surface area contributed by atoms with Gasteiger partial charge in [0.1, 0.15) is 0 Å². The molecule has 0 unspecified atom stereocenters. The quantitative estimate of drug-likeness (QED) is 0.474. The molecule has 1 aromatic rings. The Bertz CT molecular complexity index is 442. The summed E-state index contributed by atoms with van der Waals surface area (Å²) < 4.78 is 2.21. The summed E-state index contributed by atoms with van der Waals surface area (Å²) in [4.78, 5) is 8.71. The molecule has 0 atom stereocenters. The fraction of sp³-hybridized carbons (Fsp3) is 0.500. The highest BCUT2D eigenvalue weighted by molar-refractivity contribution is 7.99. The van der Waals surface area contributed by atoms with Gasteiger partial charge in [0, 0.05) is 31.5 Å². The van der Waals surface area contributed by atoms with E-state index in [-0.39, 0.29) is 0 Å². The first-order valence-corrected chi connectivity index (χ1v) is 7.01. The van der Waals surface area contributed by atoms with Crippen LogP contribution in [-0.4, -0.2) is 34.4 Å². The van der Waals surface area contributed by atoms with Crippen LogP contribution in [0, 0.1) is 0 Å². The zero-order valence-electron chi connectivity index (χ0n) is 10.6. The van der Waals surface area contributed by atoms with E-state index in [1.165, 1.54) is 0 Å². The van der Waals surface area contributed by atoms with Crippen LogP contribution in [-0.2, 0) is 13.0 Å². The van der Waals surface area contributed by atoms with Gasteiger partial charge in [-0.25, -0.2) is 9.98 Å². The summed E-state index contributed by atoms with van der Waals surface area (Å²) in [7, 11) is 0. The molecule has 0 radical (unpaired) electrons. The molecule has 18 heavy (non-hydrogen) atoms. The highest BCUT2D eigenvalue weighted by Gasteiger charge is 2.13. The molecule has 0 aromatic carbocycles. The Morgan fingerprint density at radius 2 is 2.56 bits per heavy atom. The SMILES string of the molecule is C=C(C)CN=C(N)NCCc1cn2c(n1)SCC2.